The molecule has 1 fully saturated rings. The molecule has 4 aromatic rings. The molecule has 1 aromatic carbocycles. The smallest absolute Gasteiger partial charge is 0.327 e. The van der Waals surface area contributed by atoms with Crippen molar-refractivity contribution >= 4 is 11.7 Å². The first-order valence-electron chi connectivity index (χ1n) is 9.23. The second-order valence-electron chi connectivity index (χ2n) is 6.77. The number of H-pyrrole nitrogens is 2. The van der Waals surface area contributed by atoms with Gasteiger partial charge in [-0.25, -0.2) is 9.79 Å². The molecule has 5 rings (SSSR count). The summed E-state index contributed by atoms with van der Waals surface area (Å²) in [5.41, 5.74) is 0.483. The molecule has 152 valence electrons. The number of benzene rings is 1. The maximum atomic E-state index is 11.4. The van der Waals surface area contributed by atoms with Gasteiger partial charge in [-0.2, -0.15) is 19.6 Å². The van der Waals surface area contributed by atoms with Gasteiger partial charge in [0.15, 0.2) is 5.65 Å². The zero-order valence-corrected chi connectivity index (χ0v) is 15.9. The standard InChI is InChI=1S/C19H17N7O4/c1-29-12-3-2-4-13(8-12)30-19-23-15-10(7-14-16(27)24-18(28)22-14)9-20-26(15)17(25-19)21-11-5-6-11/h2-4,7-9,11,27H,5-6H2,1H3,(H2,22,24,28). The van der Waals surface area contributed by atoms with Crippen LogP contribution in [0.1, 0.15) is 18.5 Å². The van der Waals surface area contributed by atoms with Crippen molar-refractivity contribution in [3.63, 3.8) is 0 Å². The number of aromatic nitrogens is 6. The monoisotopic (exact) mass is 407 g/mol. The van der Waals surface area contributed by atoms with Crippen LogP contribution in [0, 0.1) is 0 Å². The Morgan fingerprint density at radius 1 is 1.27 bits per heavy atom. The van der Waals surface area contributed by atoms with Crippen molar-refractivity contribution in [3.8, 4) is 23.4 Å². The van der Waals surface area contributed by atoms with Gasteiger partial charge in [-0.1, -0.05) is 6.07 Å². The van der Waals surface area contributed by atoms with Gasteiger partial charge in [0.2, 0.25) is 5.88 Å². The summed E-state index contributed by atoms with van der Waals surface area (Å²) in [6, 6.07) is 7.38. The van der Waals surface area contributed by atoms with Gasteiger partial charge in [-0.05, 0) is 31.1 Å². The summed E-state index contributed by atoms with van der Waals surface area (Å²) < 4.78 is 12.6. The Hall–Kier alpha value is -4.15. The number of fused-ring (bicyclic) bond motifs is 1. The lowest BCUT2D eigenvalue weighted by Crippen LogP contribution is -2.23. The Kier molecular flexibility index (Phi) is 4.20. The van der Waals surface area contributed by atoms with Crippen molar-refractivity contribution in [2.24, 2.45) is 4.99 Å². The number of hydrogen-bond donors (Lipinski definition) is 3. The van der Waals surface area contributed by atoms with Crippen LogP contribution >= 0.6 is 0 Å². The number of aromatic hydroxyl groups is 1. The van der Waals surface area contributed by atoms with Crippen LogP contribution in [0.5, 0.6) is 23.4 Å². The predicted octanol–water partition coefficient (Wildman–Crippen LogP) is 0.258. The molecule has 0 atom stereocenters. The Morgan fingerprint density at radius 2 is 2.10 bits per heavy atom. The highest BCUT2D eigenvalue weighted by Crippen LogP contribution is 2.24. The first-order chi connectivity index (χ1) is 14.6. The number of imidazole rings is 1. The van der Waals surface area contributed by atoms with E-state index in [0.29, 0.717) is 28.0 Å². The summed E-state index contributed by atoms with van der Waals surface area (Å²) in [5.74, 6) is 0.875. The molecule has 3 heterocycles. The number of hydrogen-bond acceptors (Lipinski definition) is 8. The normalized spacial score (nSPS) is 15.1. The molecule has 1 aliphatic carbocycles. The third-order valence-electron chi connectivity index (χ3n) is 4.49. The van der Waals surface area contributed by atoms with Gasteiger partial charge in [0.05, 0.1) is 19.3 Å². The van der Waals surface area contributed by atoms with Gasteiger partial charge in [-0.15, -0.1) is 0 Å². The van der Waals surface area contributed by atoms with Crippen LogP contribution in [0.25, 0.3) is 11.7 Å². The Morgan fingerprint density at radius 3 is 2.83 bits per heavy atom. The molecule has 0 spiro atoms. The molecule has 0 bridgehead atoms. The third-order valence-corrected chi connectivity index (χ3v) is 4.49. The summed E-state index contributed by atoms with van der Waals surface area (Å²) >= 11 is 0. The number of nitrogens with zero attached hydrogens (tertiary/aromatic N) is 5. The molecule has 11 nitrogen and oxygen atoms in total. The third kappa shape index (κ3) is 3.48. The molecule has 0 aliphatic heterocycles. The highest BCUT2D eigenvalue weighted by atomic mass is 16.5. The van der Waals surface area contributed by atoms with E-state index in [1.54, 1.807) is 43.6 Å². The van der Waals surface area contributed by atoms with E-state index in [9.17, 15) is 9.90 Å². The Balaban J connectivity index is 1.66. The summed E-state index contributed by atoms with van der Waals surface area (Å²) in [6.07, 6.45) is 5.10. The molecule has 11 heteroatoms. The fraction of sp³-hybridized carbons (Fsp3) is 0.211. The molecular weight excluding hydrogens is 390 g/mol. The van der Waals surface area contributed by atoms with E-state index < -0.39 is 5.69 Å². The molecule has 3 N–H and O–H groups in total. The van der Waals surface area contributed by atoms with Crippen LogP contribution in [0.15, 0.2) is 40.2 Å². The van der Waals surface area contributed by atoms with Crippen molar-refractivity contribution in [2.45, 2.75) is 18.9 Å². The summed E-state index contributed by atoms with van der Waals surface area (Å²) in [4.78, 5) is 29.6. The number of nitrogens with one attached hydrogen (secondary N) is 2. The maximum Gasteiger partial charge on any atom is 0.327 e. The highest BCUT2D eigenvalue weighted by Gasteiger charge is 2.21. The van der Waals surface area contributed by atoms with E-state index in [4.69, 9.17) is 9.47 Å². The molecule has 0 amide bonds. The molecule has 1 aliphatic rings. The van der Waals surface area contributed by atoms with Crippen molar-refractivity contribution < 1.29 is 14.6 Å². The van der Waals surface area contributed by atoms with Gasteiger partial charge < -0.3 is 19.6 Å². The van der Waals surface area contributed by atoms with Gasteiger partial charge in [0, 0.05) is 11.3 Å². The minimum atomic E-state index is -0.517. The highest BCUT2D eigenvalue weighted by molar-refractivity contribution is 5.56. The van der Waals surface area contributed by atoms with Gasteiger partial charge in [-0.3, -0.25) is 4.98 Å². The number of ether oxygens (including phenoxy) is 2. The number of rotatable bonds is 5. The maximum absolute atomic E-state index is 11.4. The molecule has 0 saturated heterocycles. The fourth-order valence-corrected chi connectivity index (χ4v) is 2.88. The predicted molar refractivity (Wildman–Crippen MR) is 104 cm³/mol. The Bertz CT molecular complexity index is 1410. The lowest BCUT2D eigenvalue weighted by Gasteiger charge is -2.06. The van der Waals surface area contributed by atoms with Crippen LogP contribution in [0.3, 0.4) is 0 Å². The van der Waals surface area contributed by atoms with Crippen LogP contribution in [-0.4, -0.2) is 47.8 Å². The lowest BCUT2D eigenvalue weighted by atomic mass is 10.3. The average Bonchev–Trinajstić information content (AvgIpc) is 3.37. The van der Waals surface area contributed by atoms with E-state index in [2.05, 4.69) is 30.0 Å². The topological polar surface area (TPSA) is 143 Å². The Labute approximate surface area is 168 Å². The van der Waals surface area contributed by atoms with Crippen LogP contribution in [0.2, 0.25) is 0 Å². The van der Waals surface area contributed by atoms with Crippen molar-refractivity contribution in [2.75, 3.05) is 7.11 Å². The van der Waals surface area contributed by atoms with Crippen LogP contribution in [-0.2, 0) is 0 Å². The SMILES string of the molecule is COc1cccc(Oc2nc(=NC3CC3)n3ncc(=Cc4[nH]c(=O)[nH]c4O)c3n2)c1. The van der Waals surface area contributed by atoms with Crippen molar-refractivity contribution in [1.82, 2.24) is 29.5 Å². The van der Waals surface area contributed by atoms with E-state index >= 15 is 0 Å². The fourth-order valence-electron chi connectivity index (χ4n) is 2.88. The van der Waals surface area contributed by atoms with Gasteiger partial charge >= 0.3 is 11.7 Å². The van der Waals surface area contributed by atoms with Crippen LogP contribution in [0.4, 0.5) is 0 Å². The second kappa shape index (κ2) is 7.03. The zero-order valence-electron chi connectivity index (χ0n) is 15.9. The zero-order chi connectivity index (χ0) is 20.7. The minimum Gasteiger partial charge on any atom is -0.497 e. The molecule has 0 unspecified atom stereocenters. The molecule has 3 aromatic heterocycles. The summed E-state index contributed by atoms with van der Waals surface area (Å²) in [5, 5.41) is 14.7. The van der Waals surface area contributed by atoms with E-state index in [-0.39, 0.29) is 23.6 Å². The average molecular weight is 407 g/mol. The quantitative estimate of drug-likeness (QED) is 0.430. The van der Waals surface area contributed by atoms with Gasteiger partial charge in [0.25, 0.3) is 5.62 Å². The van der Waals surface area contributed by atoms with Gasteiger partial charge in [0.1, 0.15) is 17.2 Å². The summed E-state index contributed by atoms with van der Waals surface area (Å²) in [6.45, 7) is 0. The molecular formula is C19H17N7O4. The number of methoxy groups -OCH3 is 1. The minimum absolute atomic E-state index is 0.0945. The summed E-state index contributed by atoms with van der Waals surface area (Å²) in [7, 11) is 1.57. The van der Waals surface area contributed by atoms with E-state index in [0.717, 1.165) is 12.8 Å². The van der Waals surface area contributed by atoms with Crippen molar-refractivity contribution in [1.29, 1.82) is 0 Å². The molecule has 0 radical (unpaired) electrons. The van der Waals surface area contributed by atoms with E-state index in [1.165, 1.54) is 4.52 Å². The first kappa shape index (κ1) is 17.9. The molecule has 30 heavy (non-hydrogen) atoms. The second-order valence-corrected chi connectivity index (χ2v) is 6.77. The van der Waals surface area contributed by atoms with Crippen LogP contribution < -0.4 is 26.0 Å². The molecule has 1 saturated carbocycles. The largest absolute Gasteiger partial charge is 0.497 e. The van der Waals surface area contributed by atoms with E-state index in [1.807, 2.05) is 0 Å². The first-order valence-corrected chi connectivity index (χ1v) is 9.23. The number of aromatic amines is 2. The lowest BCUT2D eigenvalue weighted by molar-refractivity contribution is 0.403. The van der Waals surface area contributed by atoms with Crippen molar-refractivity contribution in [3.05, 3.63) is 57.5 Å².